The number of aryl methyl sites for hydroxylation is 2. The van der Waals surface area contributed by atoms with Crippen molar-refractivity contribution in [2.45, 2.75) is 46.7 Å². The first kappa shape index (κ1) is 23.4. The lowest BCUT2D eigenvalue weighted by Gasteiger charge is -2.28. The lowest BCUT2D eigenvalue weighted by molar-refractivity contribution is 0.0649. The minimum atomic E-state index is -3.14. The normalized spacial score (nSPS) is 17.4. The highest BCUT2D eigenvalue weighted by atomic mass is 32.2. The largest absolute Gasteiger partial charge is 0.451 e. The average molecular weight is 469 g/mol. The highest BCUT2D eigenvalue weighted by molar-refractivity contribution is 7.91. The maximum Gasteiger partial charge on any atom is 0.290 e. The van der Waals surface area contributed by atoms with Crippen LogP contribution in [-0.4, -0.2) is 49.9 Å². The first-order valence-electron chi connectivity index (χ1n) is 11.6. The van der Waals surface area contributed by atoms with Crippen molar-refractivity contribution in [1.82, 2.24) is 4.90 Å². The van der Waals surface area contributed by atoms with Gasteiger partial charge in [0.05, 0.1) is 11.5 Å². The number of nitrogens with zero attached hydrogens (tertiary/aromatic N) is 2. The van der Waals surface area contributed by atoms with Crippen LogP contribution in [0.2, 0.25) is 0 Å². The minimum Gasteiger partial charge on any atom is -0.451 e. The number of sulfone groups is 1. The zero-order valence-electron chi connectivity index (χ0n) is 19.8. The van der Waals surface area contributed by atoms with E-state index in [1.807, 2.05) is 44.2 Å². The number of anilines is 1. The monoisotopic (exact) mass is 468 g/mol. The maximum absolute atomic E-state index is 13.7. The quantitative estimate of drug-likeness (QED) is 0.502. The molecule has 0 saturated carbocycles. The van der Waals surface area contributed by atoms with Crippen molar-refractivity contribution in [3.63, 3.8) is 0 Å². The number of hydrogen-bond donors (Lipinski definition) is 0. The second-order valence-electron chi connectivity index (χ2n) is 8.88. The Morgan fingerprint density at radius 2 is 1.76 bits per heavy atom. The van der Waals surface area contributed by atoms with Crippen LogP contribution < -0.4 is 4.90 Å². The number of amides is 1. The van der Waals surface area contributed by atoms with Gasteiger partial charge in [-0.25, -0.2) is 8.42 Å². The van der Waals surface area contributed by atoms with Crippen molar-refractivity contribution in [2.75, 3.05) is 29.5 Å². The van der Waals surface area contributed by atoms with Gasteiger partial charge in [0.2, 0.25) is 0 Å². The second kappa shape index (κ2) is 9.21. The van der Waals surface area contributed by atoms with E-state index in [0.29, 0.717) is 24.3 Å². The lowest BCUT2D eigenvalue weighted by atomic mass is 10.1. The van der Waals surface area contributed by atoms with Crippen LogP contribution in [0.4, 0.5) is 5.69 Å². The van der Waals surface area contributed by atoms with Crippen molar-refractivity contribution in [1.29, 1.82) is 0 Å². The molecule has 1 aromatic heterocycles. The van der Waals surface area contributed by atoms with E-state index in [0.717, 1.165) is 40.9 Å². The molecule has 0 radical (unpaired) electrons. The Balaban J connectivity index is 1.67. The van der Waals surface area contributed by atoms with Gasteiger partial charge in [-0.15, -0.1) is 0 Å². The second-order valence-corrected chi connectivity index (χ2v) is 11.1. The Labute approximate surface area is 196 Å². The molecule has 7 heteroatoms. The molecule has 2 aromatic carbocycles. The fourth-order valence-electron chi connectivity index (χ4n) is 4.65. The van der Waals surface area contributed by atoms with Crippen LogP contribution >= 0.6 is 0 Å². The Bertz CT molecular complexity index is 1260. The van der Waals surface area contributed by atoms with Gasteiger partial charge in [-0.05, 0) is 63.4 Å². The van der Waals surface area contributed by atoms with Crippen molar-refractivity contribution in [2.24, 2.45) is 0 Å². The van der Waals surface area contributed by atoms with E-state index in [-0.39, 0.29) is 23.5 Å². The van der Waals surface area contributed by atoms with Gasteiger partial charge in [0.1, 0.15) is 5.58 Å². The van der Waals surface area contributed by atoms with Crippen LogP contribution in [0.3, 0.4) is 0 Å². The molecule has 0 spiro atoms. The molecular weight excluding hydrogens is 436 g/mol. The number of benzene rings is 2. The van der Waals surface area contributed by atoms with E-state index in [1.54, 1.807) is 4.90 Å². The molecule has 1 aliphatic rings. The molecule has 1 saturated heterocycles. The summed E-state index contributed by atoms with van der Waals surface area (Å²) < 4.78 is 30.4. The molecule has 0 aliphatic carbocycles. The molecular formula is C26H32N2O4S. The van der Waals surface area contributed by atoms with Crippen LogP contribution in [0.15, 0.2) is 46.9 Å². The molecule has 3 aromatic rings. The number of rotatable bonds is 7. The molecule has 176 valence electrons. The van der Waals surface area contributed by atoms with Crippen LogP contribution in [-0.2, 0) is 16.4 Å². The zero-order chi connectivity index (χ0) is 23.8. The van der Waals surface area contributed by atoms with Gasteiger partial charge in [0.25, 0.3) is 5.91 Å². The predicted molar refractivity (Wildman–Crippen MR) is 133 cm³/mol. The Morgan fingerprint density at radius 3 is 2.36 bits per heavy atom. The summed E-state index contributed by atoms with van der Waals surface area (Å²) in [6.45, 7) is 10.3. The van der Waals surface area contributed by atoms with Crippen molar-refractivity contribution >= 4 is 32.4 Å². The fraction of sp³-hybridized carbons (Fsp3) is 0.423. The highest BCUT2D eigenvalue weighted by Crippen LogP contribution is 2.30. The molecule has 2 heterocycles. The molecule has 1 fully saturated rings. The summed E-state index contributed by atoms with van der Waals surface area (Å²) >= 11 is 0. The van der Waals surface area contributed by atoms with Crippen LogP contribution in [0.25, 0.3) is 11.0 Å². The molecule has 33 heavy (non-hydrogen) atoms. The van der Waals surface area contributed by atoms with Gasteiger partial charge in [0, 0.05) is 42.3 Å². The standard InChI is InChI=1S/C26H32N2O4S/c1-5-27(6-2)21-10-8-20(9-11-21)16-28(22-13-14-33(30,31)17-22)26(29)25-19(4)23-12-7-18(3)15-24(23)32-25/h7-12,15,22H,5-6,13-14,16-17H2,1-4H3/t22-/m0/s1. The third-order valence-corrected chi connectivity index (χ3v) is 8.37. The van der Waals surface area contributed by atoms with Crippen LogP contribution in [0, 0.1) is 13.8 Å². The Hall–Kier alpha value is -2.80. The Kier molecular flexibility index (Phi) is 6.52. The zero-order valence-corrected chi connectivity index (χ0v) is 20.6. The smallest absolute Gasteiger partial charge is 0.290 e. The summed E-state index contributed by atoms with van der Waals surface area (Å²) in [4.78, 5) is 17.7. The van der Waals surface area contributed by atoms with Crippen molar-refractivity contribution < 1.29 is 17.6 Å². The summed E-state index contributed by atoms with van der Waals surface area (Å²) in [6, 6.07) is 13.7. The topological polar surface area (TPSA) is 70.8 Å². The third kappa shape index (κ3) is 4.78. The van der Waals surface area contributed by atoms with Crippen molar-refractivity contribution in [3.8, 4) is 0 Å². The number of carbonyl (C=O) groups excluding carboxylic acids is 1. The van der Waals surface area contributed by atoms with Gasteiger partial charge in [-0.3, -0.25) is 4.79 Å². The predicted octanol–water partition coefficient (Wildman–Crippen LogP) is 4.73. The molecule has 4 rings (SSSR count). The highest BCUT2D eigenvalue weighted by Gasteiger charge is 2.36. The van der Waals surface area contributed by atoms with Crippen LogP contribution in [0.5, 0.6) is 0 Å². The van der Waals surface area contributed by atoms with Gasteiger partial charge in [0.15, 0.2) is 15.6 Å². The molecule has 1 amide bonds. The van der Waals surface area contributed by atoms with E-state index in [4.69, 9.17) is 4.42 Å². The molecule has 0 bridgehead atoms. The lowest BCUT2D eigenvalue weighted by Crippen LogP contribution is -2.40. The first-order valence-corrected chi connectivity index (χ1v) is 13.4. The molecule has 1 aliphatic heterocycles. The van der Waals surface area contributed by atoms with Gasteiger partial charge < -0.3 is 14.2 Å². The first-order chi connectivity index (χ1) is 15.7. The molecule has 0 N–H and O–H groups in total. The molecule has 1 atom stereocenters. The van der Waals surface area contributed by atoms with Gasteiger partial charge in [-0.1, -0.05) is 24.3 Å². The number of furan rings is 1. The SMILES string of the molecule is CCN(CC)c1ccc(CN(C(=O)c2oc3cc(C)ccc3c2C)[C@H]2CCS(=O)(=O)C2)cc1. The van der Waals surface area contributed by atoms with E-state index >= 15 is 0 Å². The minimum absolute atomic E-state index is 0.00530. The summed E-state index contributed by atoms with van der Waals surface area (Å²) in [6.07, 6.45) is 0.448. The molecule has 0 unspecified atom stereocenters. The molecule has 6 nitrogen and oxygen atoms in total. The fourth-order valence-corrected chi connectivity index (χ4v) is 6.38. The Morgan fingerprint density at radius 1 is 1.06 bits per heavy atom. The summed E-state index contributed by atoms with van der Waals surface area (Å²) in [7, 11) is -3.14. The summed E-state index contributed by atoms with van der Waals surface area (Å²) in [5.74, 6) is 0.144. The maximum atomic E-state index is 13.7. The van der Waals surface area contributed by atoms with Gasteiger partial charge in [-0.2, -0.15) is 0 Å². The number of carbonyl (C=O) groups is 1. The van der Waals surface area contributed by atoms with E-state index in [1.165, 1.54) is 0 Å². The summed E-state index contributed by atoms with van der Waals surface area (Å²) in [5.41, 5.74) is 4.63. The van der Waals surface area contributed by atoms with E-state index < -0.39 is 9.84 Å². The number of hydrogen-bond acceptors (Lipinski definition) is 5. The third-order valence-electron chi connectivity index (χ3n) is 6.62. The van der Waals surface area contributed by atoms with Crippen LogP contribution in [0.1, 0.15) is 47.5 Å². The van der Waals surface area contributed by atoms with Crippen molar-refractivity contribution in [3.05, 3.63) is 64.9 Å². The number of fused-ring (bicyclic) bond motifs is 1. The average Bonchev–Trinajstić information content (AvgIpc) is 3.32. The van der Waals surface area contributed by atoms with Gasteiger partial charge >= 0.3 is 0 Å². The van der Waals surface area contributed by atoms with E-state index in [9.17, 15) is 13.2 Å². The van der Waals surface area contributed by atoms with E-state index in [2.05, 4.69) is 30.9 Å². The summed E-state index contributed by atoms with van der Waals surface area (Å²) in [5, 5.41) is 0.909.